The van der Waals surface area contributed by atoms with Crippen molar-refractivity contribution in [1.29, 1.82) is 0 Å². The van der Waals surface area contributed by atoms with Gasteiger partial charge in [0.25, 0.3) is 5.91 Å². The Balaban J connectivity index is 0.00000243. The molecule has 2 aliphatic rings. The van der Waals surface area contributed by atoms with Gasteiger partial charge in [-0.25, -0.2) is 0 Å². The third kappa shape index (κ3) is 5.21. The second-order valence-electron chi connectivity index (χ2n) is 7.75. The molecule has 2 bridgehead atoms. The van der Waals surface area contributed by atoms with E-state index in [2.05, 4.69) is 10.6 Å². The summed E-state index contributed by atoms with van der Waals surface area (Å²) in [4.78, 5) is 12.7. The lowest BCUT2D eigenvalue weighted by molar-refractivity contribution is 0.0681. The predicted molar refractivity (Wildman–Crippen MR) is 106 cm³/mol. The number of carbonyl (C=O) groups excluding carboxylic acids is 1. The predicted octanol–water partition coefficient (Wildman–Crippen LogP) is 3.84. The minimum absolute atomic E-state index is 0. The van der Waals surface area contributed by atoms with Crippen LogP contribution in [0.25, 0.3) is 0 Å². The summed E-state index contributed by atoms with van der Waals surface area (Å²) in [5.74, 6) is 0.792. The van der Waals surface area contributed by atoms with Gasteiger partial charge < -0.3 is 15.7 Å². The number of aliphatic hydroxyl groups excluding tert-OH is 1. The first-order valence-electron chi connectivity index (χ1n) is 9.50. The van der Waals surface area contributed by atoms with E-state index in [1.807, 2.05) is 12.1 Å². The van der Waals surface area contributed by atoms with E-state index in [9.17, 15) is 4.79 Å². The SMILES string of the molecule is O=C(NCC12CCCC(CCC1)C2)c1cc(CNCCO)ccc1Cl.[CH2]. The molecule has 2 aliphatic carbocycles. The minimum Gasteiger partial charge on any atom is -0.395 e. The molecular weight excluding hydrogens is 348 g/mol. The van der Waals surface area contributed by atoms with Crippen LogP contribution in [0, 0.1) is 18.8 Å². The molecular formula is C21H31ClN2O2. The normalized spacial score (nSPS) is 24.6. The summed E-state index contributed by atoms with van der Waals surface area (Å²) in [6.07, 6.45) is 9.08. The molecule has 3 N–H and O–H groups in total. The zero-order valence-corrected chi connectivity index (χ0v) is 16.3. The quantitative estimate of drug-likeness (QED) is 0.632. The fourth-order valence-corrected chi connectivity index (χ4v) is 4.80. The molecule has 1 amide bonds. The van der Waals surface area contributed by atoms with Gasteiger partial charge in [0.15, 0.2) is 0 Å². The lowest BCUT2D eigenvalue weighted by Crippen LogP contribution is -2.43. The molecule has 0 aliphatic heterocycles. The van der Waals surface area contributed by atoms with Crippen LogP contribution in [0.5, 0.6) is 0 Å². The summed E-state index contributed by atoms with van der Waals surface area (Å²) in [6, 6.07) is 5.54. The summed E-state index contributed by atoms with van der Waals surface area (Å²) in [5.41, 5.74) is 1.85. The summed E-state index contributed by atoms with van der Waals surface area (Å²) in [7, 11) is 0. The average molecular weight is 379 g/mol. The molecule has 1 aromatic carbocycles. The Hall–Kier alpha value is -1.10. The van der Waals surface area contributed by atoms with E-state index >= 15 is 0 Å². The highest BCUT2D eigenvalue weighted by atomic mass is 35.5. The van der Waals surface area contributed by atoms with Crippen LogP contribution in [0.15, 0.2) is 18.2 Å². The number of nitrogens with one attached hydrogen (secondary N) is 2. The molecule has 2 saturated carbocycles. The van der Waals surface area contributed by atoms with E-state index in [4.69, 9.17) is 16.7 Å². The van der Waals surface area contributed by atoms with Gasteiger partial charge in [-0.2, -0.15) is 0 Å². The highest BCUT2D eigenvalue weighted by Crippen LogP contribution is 2.48. The number of carbonyl (C=O) groups is 1. The molecule has 144 valence electrons. The van der Waals surface area contributed by atoms with Crippen LogP contribution in [-0.4, -0.2) is 30.7 Å². The molecule has 2 fully saturated rings. The summed E-state index contributed by atoms with van der Waals surface area (Å²) in [6.45, 7) is 2.02. The van der Waals surface area contributed by atoms with Crippen LogP contribution in [0.3, 0.4) is 0 Å². The Bertz CT molecular complexity index is 596. The van der Waals surface area contributed by atoms with Gasteiger partial charge in [-0.1, -0.05) is 50.8 Å². The second kappa shape index (κ2) is 9.72. The maximum absolute atomic E-state index is 12.7. The van der Waals surface area contributed by atoms with Gasteiger partial charge in [-0.15, -0.1) is 0 Å². The topological polar surface area (TPSA) is 61.4 Å². The summed E-state index contributed by atoms with van der Waals surface area (Å²) >= 11 is 6.26. The fraction of sp³-hybridized carbons (Fsp3) is 0.619. The summed E-state index contributed by atoms with van der Waals surface area (Å²) < 4.78 is 0. The molecule has 0 atom stereocenters. The third-order valence-corrected chi connectivity index (χ3v) is 6.21. The van der Waals surface area contributed by atoms with Gasteiger partial charge in [0.2, 0.25) is 0 Å². The van der Waals surface area contributed by atoms with E-state index < -0.39 is 0 Å². The van der Waals surface area contributed by atoms with Crippen LogP contribution in [0.4, 0.5) is 0 Å². The fourth-order valence-electron chi connectivity index (χ4n) is 4.60. The van der Waals surface area contributed by atoms with Crippen molar-refractivity contribution < 1.29 is 9.90 Å². The number of benzene rings is 1. The number of rotatable bonds is 7. The van der Waals surface area contributed by atoms with Gasteiger partial charge in [0.1, 0.15) is 0 Å². The van der Waals surface area contributed by atoms with Crippen molar-refractivity contribution in [2.75, 3.05) is 19.7 Å². The maximum Gasteiger partial charge on any atom is 0.252 e. The van der Waals surface area contributed by atoms with Gasteiger partial charge in [-0.3, -0.25) is 4.79 Å². The molecule has 0 unspecified atom stereocenters. The van der Waals surface area contributed by atoms with Gasteiger partial charge in [0, 0.05) is 19.6 Å². The molecule has 0 saturated heterocycles. The molecule has 0 heterocycles. The Morgan fingerprint density at radius 1 is 1.27 bits per heavy atom. The monoisotopic (exact) mass is 378 g/mol. The zero-order chi connectivity index (χ0) is 17.7. The van der Waals surface area contributed by atoms with E-state index in [1.54, 1.807) is 6.07 Å². The van der Waals surface area contributed by atoms with Crippen LogP contribution in [0.2, 0.25) is 5.02 Å². The van der Waals surface area contributed by atoms with Crippen molar-refractivity contribution in [2.24, 2.45) is 11.3 Å². The van der Waals surface area contributed by atoms with Crippen molar-refractivity contribution in [3.05, 3.63) is 41.8 Å². The van der Waals surface area contributed by atoms with E-state index in [1.165, 1.54) is 44.9 Å². The van der Waals surface area contributed by atoms with Crippen LogP contribution in [0.1, 0.15) is 60.9 Å². The number of amides is 1. The van der Waals surface area contributed by atoms with E-state index in [-0.39, 0.29) is 19.9 Å². The van der Waals surface area contributed by atoms with Gasteiger partial charge in [0.05, 0.1) is 17.2 Å². The third-order valence-electron chi connectivity index (χ3n) is 5.88. The Morgan fingerprint density at radius 2 is 2.00 bits per heavy atom. The van der Waals surface area contributed by atoms with E-state index in [0.29, 0.717) is 29.1 Å². The molecule has 0 aromatic heterocycles. The number of halogens is 1. The molecule has 26 heavy (non-hydrogen) atoms. The van der Waals surface area contributed by atoms with Crippen LogP contribution >= 0.6 is 11.6 Å². The Morgan fingerprint density at radius 3 is 2.69 bits per heavy atom. The van der Waals surface area contributed by atoms with E-state index in [0.717, 1.165) is 18.0 Å². The molecule has 0 spiro atoms. The van der Waals surface area contributed by atoms with Crippen molar-refractivity contribution in [1.82, 2.24) is 10.6 Å². The van der Waals surface area contributed by atoms with Crippen molar-refractivity contribution in [3.63, 3.8) is 0 Å². The van der Waals surface area contributed by atoms with Gasteiger partial charge in [-0.05, 0) is 48.3 Å². The first-order chi connectivity index (χ1) is 12.1. The van der Waals surface area contributed by atoms with Crippen molar-refractivity contribution in [2.45, 2.75) is 51.5 Å². The highest BCUT2D eigenvalue weighted by molar-refractivity contribution is 6.33. The zero-order valence-electron chi connectivity index (χ0n) is 15.5. The average Bonchev–Trinajstić information content (AvgIpc) is 2.61. The first-order valence-corrected chi connectivity index (χ1v) is 9.88. The first kappa shape index (κ1) is 21.2. The van der Waals surface area contributed by atoms with Gasteiger partial charge >= 0.3 is 0 Å². The largest absolute Gasteiger partial charge is 0.395 e. The molecule has 2 radical (unpaired) electrons. The lowest BCUT2D eigenvalue weighted by atomic mass is 9.62. The smallest absolute Gasteiger partial charge is 0.252 e. The molecule has 3 rings (SSSR count). The Labute approximate surface area is 162 Å². The highest BCUT2D eigenvalue weighted by Gasteiger charge is 2.39. The van der Waals surface area contributed by atoms with Crippen LogP contribution in [-0.2, 0) is 6.54 Å². The second-order valence-corrected chi connectivity index (χ2v) is 8.16. The number of hydrogen-bond acceptors (Lipinski definition) is 3. The number of aliphatic hydroxyl groups is 1. The Kier molecular flexibility index (Phi) is 7.93. The maximum atomic E-state index is 12.7. The van der Waals surface area contributed by atoms with Crippen LogP contribution < -0.4 is 10.6 Å². The summed E-state index contributed by atoms with van der Waals surface area (Å²) in [5, 5.41) is 15.6. The number of fused-ring (bicyclic) bond motifs is 2. The van der Waals surface area contributed by atoms with Crippen molar-refractivity contribution >= 4 is 17.5 Å². The molecule has 5 heteroatoms. The lowest BCUT2D eigenvalue weighted by Gasteiger charge is -2.45. The van der Waals surface area contributed by atoms with Crippen molar-refractivity contribution in [3.8, 4) is 0 Å². The standard InChI is InChI=1S/C20H29ClN2O2.CH2/c21-18-6-5-16(13-22-9-10-24)11-17(18)19(25)23-14-20-7-1-3-15(12-20)4-2-8-20;/h5-6,11,15,22,24H,1-4,7-10,12-14H2,(H,23,25);1H2. The molecule has 1 aromatic rings. The molecule has 4 nitrogen and oxygen atoms in total. The minimum atomic E-state index is -0.0731. The number of hydrogen-bond donors (Lipinski definition) is 3.